The monoisotopic (exact) mass is 434 g/mol. The molecule has 0 spiro atoms. The minimum Gasteiger partial charge on any atom is -0.294 e. The number of unbranched alkanes of at least 4 members (excludes halogenated alkanes) is 1. The molecule has 1 aromatic carbocycles. The van der Waals surface area contributed by atoms with Gasteiger partial charge >= 0.3 is 0 Å². The Morgan fingerprint density at radius 2 is 2.12 bits per heavy atom. The lowest BCUT2D eigenvalue weighted by atomic mass is 10.0. The van der Waals surface area contributed by atoms with Crippen molar-refractivity contribution in [2.75, 3.05) is 0 Å². The van der Waals surface area contributed by atoms with Crippen molar-refractivity contribution in [1.29, 1.82) is 0 Å². The third-order valence-electron chi connectivity index (χ3n) is 3.90. The number of carbonyl (C=O) groups is 1. The first-order valence-corrected chi connectivity index (χ1v) is 9.01. The molecule has 3 aromatic rings. The van der Waals surface area contributed by atoms with E-state index in [4.69, 9.17) is 0 Å². The van der Waals surface area contributed by atoms with Crippen LogP contribution in [0.25, 0.3) is 5.69 Å². The number of hydrogen-bond donors (Lipinski definition) is 0. The molecule has 124 valence electrons. The number of ketones is 1. The first-order valence-electron chi connectivity index (χ1n) is 7.94. The number of aryl methyl sites for hydroxylation is 2. The highest BCUT2D eigenvalue weighted by Gasteiger charge is 2.10. The molecule has 0 saturated heterocycles. The number of carbonyl (C=O) groups excluding carboxylic acids is 1. The van der Waals surface area contributed by atoms with E-state index in [1.54, 1.807) is 6.20 Å². The molecule has 0 radical (unpaired) electrons. The van der Waals surface area contributed by atoms with E-state index in [1.807, 2.05) is 59.3 Å². The Bertz CT molecular complexity index is 823. The highest BCUT2D eigenvalue weighted by atomic mass is 127. The minimum absolute atomic E-state index is 0.200. The van der Waals surface area contributed by atoms with Crippen LogP contribution in [0.2, 0.25) is 0 Å². The summed E-state index contributed by atoms with van der Waals surface area (Å²) in [7, 11) is 1.92. The number of Topliss-reactive ketones (excluding diaryl/α,β-unsaturated/α-hetero) is 1. The van der Waals surface area contributed by atoms with Crippen LogP contribution in [0.4, 0.5) is 0 Å². The number of halogens is 1. The maximum Gasteiger partial charge on any atom is 0.162 e. The van der Waals surface area contributed by atoms with Gasteiger partial charge in [-0.15, -0.1) is 0 Å². The van der Waals surface area contributed by atoms with Crippen molar-refractivity contribution < 1.29 is 4.79 Å². The van der Waals surface area contributed by atoms with Crippen molar-refractivity contribution in [3.63, 3.8) is 0 Å². The van der Waals surface area contributed by atoms with Crippen molar-refractivity contribution in [3.8, 4) is 5.69 Å². The Kier molecular flexibility index (Phi) is 5.44. The van der Waals surface area contributed by atoms with Crippen LogP contribution in [0.5, 0.6) is 0 Å². The summed E-state index contributed by atoms with van der Waals surface area (Å²) < 4.78 is 4.64. The number of nitrogens with zero attached hydrogens (tertiary/aromatic N) is 4. The molecule has 0 aliphatic rings. The Morgan fingerprint density at radius 3 is 2.79 bits per heavy atom. The van der Waals surface area contributed by atoms with Gasteiger partial charge in [-0.1, -0.05) is 0 Å². The van der Waals surface area contributed by atoms with Gasteiger partial charge < -0.3 is 0 Å². The van der Waals surface area contributed by atoms with Crippen LogP contribution in [-0.4, -0.2) is 25.3 Å². The Hall–Kier alpha value is -1.96. The molecule has 0 aliphatic heterocycles. The zero-order valence-electron chi connectivity index (χ0n) is 13.5. The SMILES string of the molecule is Cn1cc(CCCCC(=O)c2ccc(-n3cccn3)c(I)c2)cn1. The van der Waals surface area contributed by atoms with Crippen molar-refractivity contribution in [2.45, 2.75) is 25.7 Å². The van der Waals surface area contributed by atoms with Gasteiger partial charge in [-0.25, -0.2) is 4.68 Å². The van der Waals surface area contributed by atoms with Gasteiger partial charge in [0, 0.05) is 41.2 Å². The molecule has 2 heterocycles. The summed E-state index contributed by atoms with van der Waals surface area (Å²) in [5.41, 5.74) is 2.99. The predicted molar refractivity (Wildman–Crippen MR) is 101 cm³/mol. The molecule has 5 nitrogen and oxygen atoms in total. The van der Waals surface area contributed by atoms with Crippen LogP contribution in [0.15, 0.2) is 49.1 Å². The van der Waals surface area contributed by atoms with Gasteiger partial charge in [0.15, 0.2) is 5.78 Å². The molecule has 24 heavy (non-hydrogen) atoms. The molecule has 0 atom stereocenters. The molecule has 0 amide bonds. The van der Waals surface area contributed by atoms with Gasteiger partial charge in [0.2, 0.25) is 0 Å². The Labute approximate surface area is 154 Å². The number of hydrogen-bond acceptors (Lipinski definition) is 3. The minimum atomic E-state index is 0.200. The summed E-state index contributed by atoms with van der Waals surface area (Å²) in [6.45, 7) is 0. The van der Waals surface area contributed by atoms with E-state index in [0.717, 1.165) is 34.1 Å². The van der Waals surface area contributed by atoms with Crippen LogP contribution in [0.3, 0.4) is 0 Å². The second kappa shape index (κ2) is 7.74. The van der Waals surface area contributed by atoms with Crippen LogP contribution >= 0.6 is 22.6 Å². The van der Waals surface area contributed by atoms with Gasteiger partial charge in [-0.2, -0.15) is 10.2 Å². The van der Waals surface area contributed by atoms with Crippen molar-refractivity contribution in [1.82, 2.24) is 19.6 Å². The van der Waals surface area contributed by atoms with Gasteiger partial charge in [0.1, 0.15) is 0 Å². The van der Waals surface area contributed by atoms with Crippen LogP contribution < -0.4 is 0 Å². The molecular weight excluding hydrogens is 415 g/mol. The standard InChI is InChI=1S/C18H19IN4O/c1-22-13-14(12-21-22)5-2-3-6-18(24)15-7-8-17(16(19)11-15)23-10-4-9-20-23/h4,7-13H,2-3,5-6H2,1H3. The Balaban J connectivity index is 1.54. The van der Waals surface area contributed by atoms with Crippen LogP contribution in [-0.2, 0) is 13.5 Å². The zero-order chi connectivity index (χ0) is 16.9. The zero-order valence-corrected chi connectivity index (χ0v) is 15.7. The fraction of sp³-hybridized carbons (Fsp3) is 0.278. The predicted octanol–water partition coefficient (Wildman–Crippen LogP) is 3.81. The molecule has 0 unspecified atom stereocenters. The number of aromatic nitrogens is 4. The lowest BCUT2D eigenvalue weighted by Crippen LogP contribution is -2.03. The molecule has 2 aromatic heterocycles. The average molecular weight is 434 g/mol. The maximum atomic E-state index is 12.4. The first-order chi connectivity index (χ1) is 11.6. The van der Waals surface area contributed by atoms with Crippen LogP contribution in [0, 0.1) is 3.57 Å². The summed E-state index contributed by atoms with van der Waals surface area (Å²) in [5.74, 6) is 0.200. The van der Waals surface area contributed by atoms with Crippen molar-refractivity contribution in [2.24, 2.45) is 7.05 Å². The summed E-state index contributed by atoms with van der Waals surface area (Å²) in [5, 5.41) is 8.39. The van der Waals surface area contributed by atoms with E-state index in [2.05, 4.69) is 32.8 Å². The van der Waals surface area contributed by atoms with E-state index < -0.39 is 0 Å². The molecule has 0 saturated carbocycles. The smallest absolute Gasteiger partial charge is 0.162 e. The molecular formula is C18H19IN4O. The molecule has 0 aliphatic carbocycles. The first kappa shape index (κ1) is 16.9. The highest BCUT2D eigenvalue weighted by molar-refractivity contribution is 14.1. The van der Waals surface area contributed by atoms with E-state index in [-0.39, 0.29) is 5.78 Å². The largest absolute Gasteiger partial charge is 0.294 e. The maximum absolute atomic E-state index is 12.4. The molecule has 0 N–H and O–H groups in total. The van der Waals surface area contributed by atoms with Gasteiger partial charge in [0.05, 0.1) is 11.9 Å². The van der Waals surface area contributed by atoms with E-state index >= 15 is 0 Å². The summed E-state index contributed by atoms with van der Waals surface area (Å²) in [4.78, 5) is 12.4. The second-order valence-corrected chi connectivity index (χ2v) is 6.93. The fourth-order valence-electron chi connectivity index (χ4n) is 2.64. The second-order valence-electron chi connectivity index (χ2n) is 5.77. The average Bonchev–Trinajstić information content (AvgIpc) is 3.23. The Morgan fingerprint density at radius 1 is 1.25 bits per heavy atom. The van der Waals surface area contributed by atoms with E-state index in [0.29, 0.717) is 6.42 Å². The summed E-state index contributed by atoms with van der Waals surface area (Å²) in [6, 6.07) is 7.68. The number of rotatable bonds is 7. The van der Waals surface area contributed by atoms with Crippen molar-refractivity contribution >= 4 is 28.4 Å². The van der Waals surface area contributed by atoms with E-state index in [9.17, 15) is 4.79 Å². The third-order valence-corrected chi connectivity index (χ3v) is 4.76. The van der Waals surface area contributed by atoms with Gasteiger partial charge in [0.25, 0.3) is 0 Å². The molecule has 0 fully saturated rings. The molecule has 3 rings (SSSR count). The number of benzene rings is 1. The van der Waals surface area contributed by atoms with Crippen LogP contribution in [0.1, 0.15) is 35.2 Å². The topological polar surface area (TPSA) is 52.7 Å². The van der Waals surface area contributed by atoms with Gasteiger partial charge in [-0.3, -0.25) is 9.48 Å². The highest BCUT2D eigenvalue weighted by Crippen LogP contribution is 2.19. The molecule has 6 heteroatoms. The molecule has 0 bridgehead atoms. The fourth-order valence-corrected chi connectivity index (χ4v) is 3.40. The van der Waals surface area contributed by atoms with E-state index in [1.165, 1.54) is 5.56 Å². The van der Waals surface area contributed by atoms with Gasteiger partial charge in [-0.05, 0) is 71.7 Å². The normalized spacial score (nSPS) is 10.9. The van der Waals surface area contributed by atoms with Crippen molar-refractivity contribution in [3.05, 3.63) is 63.7 Å². The summed E-state index contributed by atoms with van der Waals surface area (Å²) in [6.07, 6.45) is 11.0. The quantitative estimate of drug-likeness (QED) is 0.323. The third kappa shape index (κ3) is 4.11. The lowest BCUT2D eigenvalue weighted by molar-refractivity contribution is 0.0979. The lowest BCUT2D eigenvalue weighted by Gasteiger charge is -2.07. The summed E-state index contributed by atoms with van der Waals surface area (Å²) >= 11 is 2.25.